The van der Waals surface area contributed by atoms with Crippen LogP contribution in [0.3, 0.4) is 0 Å². The molecule has 0 aliphatic carbocycles. The molecule has 60 heavy (non-hydrogen) atoms. The Balaban J connectivity index is 3.46. The summed E-state index contributed by atoms with van der Waals surface area (Å²) in [7, 11) is 0. The third kappa shape index (κ3) is 48.8. The van der Waals surface area contributed by atoms with Gasteiger partial charge >= 0.3 is 11.9 Å². The SMILES string of the molecule is CCCCCCC/C=C\C/C=C\C/C=C\CCCCCCCCCCCCCCCCC(=O)OC(CO)COC(=O)CCCCCCCCCCCCCCCCCCC. The van der Waals surface area contributed by atoms with Crippen LogP contribution in [-0.2, 0) is 19.1 Å². The number of unbranched alkanes of at least 4 members (excludes halogenated alkanes) is 35. The first kappa shape index (κ1) is 58.1. The predicted molar refractivity (Wildman–Crippen MR) is 261 cm³/mol. The minimum Gasteiger partial charge on any atom is -0.462 e. The predicted octanol–water partition coefficient (Wildman–Crippen LogP) is 17.5. The van der Waals surface area contributed by atoms with Crippen LogP contribution in [0.2, 0.25) is 0 Å². The second-order valence-electron chi connectivity index (χ2n) is 18.0. The summed E-state index contributed by atoms with van der Waals surface area (Å²) >= 11 is 0. The largest absolute Gasteiger partial charge is 0.462 e. The molecule has 0 heterocycles. The van der Waals surface area contributed by atoms with Crippen LogP contribution < -0.4 is 0 Å². The fourth-order valence-electron chi connectivity index (χ4n) is 7.92. The molecule has 0 aliphatic heterocycles. The summed E-state index contributed by atoms with van der Waals surface area (Å²) in [4.78, 5) is 24.4. The van der Waals surface area contributed by atoms with Gasteiger partial charge in [-0.2, -0.15) is 0 Å². The van der Waals surface area contributed by atoms with E-state index in [4.69, 9.17) is 9.47 Å². The summed E-state index contributed by atoms with van der Waals surface area (Å²) in [6.45, 7) is 4.16. The number of ether oxygens (including phenoxy) is 2. The zero-order valence-corrected chi connectivity index (χ0v) is 40.2. The fraction of sp³-hybridized carbons (Fsp3) is 0.855. The highest BCUT2D eigenvalue weighted by atomic mass is 16.6. The molecule has 0 bridgehead atoms. The van der Waals surface area contributed by atoms with E-state index in [-0.39, 0.29) is 25.2 Å². The Morgan fingerprint density at radius 3 is 1.00 bits per heavy atom. The Bertz CT molecular complexity index is 955. The molecule has 0 fully saturated rings. The molecule has 0 saturated carbocycles. The lowest BCUT2D eigenvalue weighted by Gasteiger charge is -2.15. The molecule has 5 heteroatoms. The van der Waals surface area contributed by atoms with E-state index < -0.39 is 6.10 Å². The van der Waals surface area contributed by atoms with Crippen LogP contribution in [0, 0.1) is 0 Å². The van der Waals surface area contributed by atoms with Gasteiger partial charge in [0.15, 0.2) is 6.10 Å². The maximum atomic E-state index is 12.3. The van der Waals surface area contributed by atoms with E-state index in [1.54, 1.807) is 0 Å². The highest BCUT2D eigenvalue weighted by molar-refractivity contribution is 5.70. The quantitative estimate of drug-likeness (QED) is 0.0375. The van der Waals surface area contributed by atoms with Gasteiger partial charge in [-0.15, -0.1) is 0 Å². The molecular weight excluding hydrogens is 741 g/mol. The molecule has 352 valence electrons. The van der Waals surface area contributed by atoms with Crippen molar-refractivity contribution < 1.29 is 24.2 Å². The summed E-state index contributed by atoms with van der Waals surface area (Å²) in [6.07, 6.45) is 65.3. The van der Waals surface area contributed by atoms with Crippen LogP contribution in [-0.4, -0.2) is 36.4 Å². The topological polar surface area (TPSA) is 72.8 Å². The van der Waals surface area contributed by atoms with Gasteiger partial charge < -0.3 is 14.6 Å². The highest BCUT2D eigenvalue weighted by Gasteiger charge is 2.16. The second kappa shape index (κ2) is 51.5. The number of allylic oxidation sites excluding steroid dienone is 6. The summed E-state index contributed by atoms with van der Waals surface area (Å²) in [5.41, 5.74) is 0. The smallest absolute Gasteiger partial charge is 0.306 e. The number of aliphatic hydroxyl groups is 1. The van der Waals surface area contributed by atoms with Crippen LogP contribution in [0.25, 0.3) is 0 Å². The molecule has 0 aliphatic rings. The standard InChI is InChI=1S/C55H102O5/c1-3-5-7-9-11-13-15-17-19-21-22-23-24-25-26-27-28-29-30-31-32-34-36-38-40-42-44-46-48-50-55(58)60-53(51-56)52-59-54(57)49-47-45-43-41-39-37-35-33-20-18-16-14-12-10-8-6-4-2/h15,17,21-22,24-25,53,56H,3-14,16,18-20,23,26-52H2,1-2H3/b17-15-,22-21-,25-24-. The van der Waals surface area contributed by atoms with Crippen LogP contribution in [0.5, 0.6) is 0 Å². The number of hydrogen-bond donors (Lipinski definition) is 1. The van der Waals surface area contributed by atoms with Crippen molar-refractivity contribution in [1.29, 1.82) is 0 Å². The maximum Gasteiger partial charge on any atom is 0.306 e. The van der Waals surface area contributed by atoms with Crippen LogP contribution in [0.4, 0.5) is 0 Å². The summed E-state index contributed by atoms with van der Waals surface area (Å²) in [5, 5.41) is 9.63. The average Bonchev–Trinajstić information content (AvgIpc) is 3.25. The lowest BCUT2D eigenvalue weighted by molar-refractivity contribution is -0.161. The normalized spacial score (nSPS) is 12.4. The molecule has 0 rings (SSSR count). The van der Waals surface area contributed by atoms with E-state index in [0.717, 1.165) is 44.9 Å². The van der Waals surface area contributed by atoms with Crippen molar-refractivity contribution in [2.45, 2.75) is 290 Å². The molecule has 0 aromatic heterocycles. The molecule has 0 amide bonds. The van der Waals surface area contributed by atoms with Gasteiger partial charge in [0.25, 0.3) is 0 Å². The van der Waals surface area contributed by atoms with Crippen molar-refractivity contribution in [2.75, 3.05) is 13.2 Å². The molecule has 0 radical (unpaired) electrons. The van der Waals surface area contributed by atoms with Crippen LogP contribution >= 0.6 is 0 Å². The van der Waals surface area contributed by atoms with Crippen molar-refractivity contribution in [3.05, 3.63) is 36.5 Å². The second-order valence-corrected chi connectivity index (χ2v) is 18.0. The minimum atomic E-state index is -0.769. The van der Waals surface area contributed by atoms with E-state index in [1.807, 2.05) is 0 Å². The van der Waals surface area contributed by atoms with Crippen molar-refractivity contribution in [3.63, 3.8) is 0 Å². The molecule has 1 unspecified atom stereocenters. The molecule has 0 spiro atoms. The number of hydrogen-bond acceptors (Lipinski definition) is 5. The van der Waals surface area contributed by atoms with E-state index in [1.165, 1.54) is 212 Å². The molecule has 1 N–H and O–H groups in total. The van der Waals surface area contributed by atoms with Gasteiger partial charge in [0, 0.05) is 12.8 Å². The first-order chi connectivity index (χ1) is 29.6. The summed E-state index contributed by atoms with van der Waals surface area (Å²) in [6, 6.07) is 0. The minimum absolute atomic E-state index is 0.0611. The average molecular weight is 843 g/mol. The Labute approximate surface area is 374 Å². The monoisotopic (exact) mass is 843 g/mol. The number of aliphatic hydroxyl groups excluding tert-OH is 1. The van der Waals surface area contributed by atoms with Crippen molar-refractivity contribution >= 4 is 11.9 Å². The zero-order chi connectivity index (χ0) is 43.5. The Kier molecular flexibility index (Phi) is 49.9. The third-order valence-corrected chi connectivity index (χ3v) is 11.9. The Morgan fingerprint density at radius 1 is 0.383 bits per heavy atom. The number of carbonyl (C=O) groups excluding carboxylic acids is 2. The Morgan fingerprint density at radius 2 is 0.667 bits per heavy atom. The lowest BCUT2D eigenvalue weighted by Crippen LogP contribution is -2.28. The third-order valence-electron chi connectivity index (χ3n) is 11.9. The molecule has 0 aromatic carbocycles. The maximum absolute atomic E-state index is 12.3. The molecule has 0 saturated heterocycles. The van der Waals surface area contributed by atoms with Crippen LogP contribution in [0.1, 0.15) is 284 Å². The summed E-state index contributed by atoms with van der Waals surface area (Å²) in [5.74, 6) is -0.576. The van der Waals surface area contributed by atoms with Crippen molar-refractivity contribution in [2.24, 2.45) is 0 Å². The summed E-state index contributed by atoms with van der Waals surface area (Å²) < 4.78 is 10.7. The van der Waals surface area contributed by atoms with Gasteiger partial charge in [-0.05, 0) is 51.4 Å². The molecule has 5 nitrogen and oxygen atoms in total. The van der Waals surface area contributed by atoms with Gasteiger partial charge in [0.05, 0.1) is 6.61 Å². The van der Waals surface area contributed by atoms with Gasteiger partial charge in [0.1, 0.15) is 6.61 Å². The van der Waals surface area contributed by atoms with Crippen molar-refractivity contribution in [1.82, 2.24) is 0 Å². The van der Waals surface area contributed by atoms with E-state index in [2.05, 4.69) is 50.3 Å². The zero-order valence-electron chi connectivity index (χ0n) is 40.2. The van der Waals surface area contributed by atoms with E-state index in [0.29, 0.717) is 12.8 Å². The lowest BCUT2D eigenvalue weighted by atomic mass is 10.0. The van der Waals surface area contributed by atoms with Gasteiger partial charge in [-0.3, -0.25) is 9.59 Å². The number of rotatable bonds is 49. The Hall–Kier alpha value is -1.88. The number of esters is 2. The van der Waals surface area contributed by atoms with E-state index >= 15 is 0 Å². The highest BCUT2D eigenvalue weighted by Crippen LogP contribution is 2.16. The first-order valence-electron chi connectivity index (χ1n) is 26.5. The fourth-order valence-corrected chi connectivity index (χ4v) is 7.92. The van der Waals surface area contributed by atoms with Crippen molar-refractivity contribution in [3.8, 4) is 0 Å². The van der Waals surface area contributed by atoms with Crippen LogP contribution in [0.15, 0.2) is 36.5 Å². The first-order valence-corrected chi connectivity index (χ1v) is 26.5. The molecular formula is C55H102O5. The number of carbonyl (C=O) groups is 2. The van der Waals surface area contributed by atoms with Gasteiger partial charge in [-0.1, -0.05) is 256 Å². The van der Waals surface area contributed by atoms with Gasteiger partial charge in [-0.25, -0.2) is 0 Å². The molecule has 0 aromatic rings. The molecule has 1 atom stereocenters. The van der Waals surface area contributed by atoms with E-state index in [9.17, 15) is 14.7 Å². The van der Waals surface area contributed by atoms with Gasteiger partial charge in [0.2, 0.25) is 0 Å².